The molecule has 2 aromatic carbocycles. The van der Waals surface area contributed by atoms with Gasteiger partial charge in [-0.1, -0.05) is 42.5 Å². The van der Waals surface area contributed by atoms with Gasteiger partial charge < -0.3 is 15.0 Å². The normalized spacial score (nSPS) is 19.9. The second-order valence-electron chi connectivity index (χ2n) is 6.20. The van der Waals surface area contributed by atoms with E-state index in [2.05, 4.69) is 47.8 Å². The number of likely N-dealkylation sites (N-methyl/N-ethyl adjacent to an activating group) is 1. The quantitative estimate of drug-likeness (QED) is 0.903. The summed E-state index contributed by atoms with van der Waals surface area (Å²) in [6.45, 7) is 1.48. The predicted octanol–water partition coefficient (Wildman–Crippen LogP) is 2.64. The van der Waals surface area contributed by atoms with Crippen molar-refractivity contribution in [1.82, 2.24) is 10.2 Å². The molecule has 2 atom stereocenters. The topological polar surface area (TPSA) is 41.6 Å². The van der Waals surface area contributed by atoms with Crippen molar-refractivity contribution in [3.8, 4) is 0 Å². The molecule has 0 radical (unpaired) electrons. The molecular formula is C19H25ClN2O2. The number of hydrogen-bond acceptors (Lipinski definition) is 3. The molecule has 1 N–H and O–H groups in total. The van der Waals surface area contributed by atoms with Crippen LogP contribution in [0, 0.1) is 0 Å². The Morgan fingerprint density at radius 2 is 2.00 bits per heavy atom. The van der Waals surface area contributed by atoms with Gasteiger partial charge in [0.15, 0.2) is 0 Å². The maximum absolute atomic E-state index is 12.5. The first-order chi connectivity index (χ1) is 11.2. The number of halogens is 1. The molecule has 1 fully saturated rings. The van der Waals surface area contributed by atoms with Crippen LogP contribution in [0.5, 0.6) is 0 Å². The van der Waals surface area contributed by atoms with E-state index in [0.29, 0.717) is 0 Å². The van der Waals surface area contributed by atoms with Crippen LogP contribution < -0.4 is 5.32 Å². The van der Waals surface area contributed by atoms with Crippen molar-refractivity contribution in [2.24, 2.45) is 0 Å². The van der Waals surface area contributed by atoms with Crippen LogP contribution >= 0.6 is 12.4 Å². The maximum atomic E-state index is 12.5. The van der Waals surface area contributed by atoms with Crippen molar-refractivity contribution in [1.29, 1.82) is 0 Å². The van der Waals surface area contributed by atoms with Crippen molar-refractivity contribution < 1.29 is 9.53 Å². The molecule has 3 rings (SSSR count). The van der Waals surface area contributed by atoms with E-state index in [0.717, 1.165) is 25.9 Å². The lowest BCUT2D eigenvalue weighted by Crippen LogP contribution is -2.42. The van der Waals surface area contributed by atoms with Gasteiger partial charge in [0, 0.05) is 27.2 Å². The summed E-state index contributed by atoms with van der Waals surface area (Å²) in [6.07, 6.45) is 1.77. The van der Waals surface area contributed by atoms with Crippen LogP contribution in [0.2, 0.25) is 0 Å². The molecule has 1 amide bonds. The van der Waals surface area contributed by atoms with Gasteiger partial charge in [-0.15, -0.1) is 12.4 Å². The molecule has 0 saturated carbocycles. The van der Waals surface area contributed by atoms with Crippen LogP contribution in [0.1, 0.15) is 12.0 Å². The first kappa shape index (κ1) is 18.7. The first-order valence-electron chi connectivity index (χ1n) is 8.17. The van der Waals surface area contributed by atoms with Gasteiger partial charge in [0.25, 0.3) is 0 Å². The zero-order valence-corrected chi connectivity index (χ0v) is 15.0. The zero-order valence-electron chi connectivity index (χ0n) is 14.2. The number of amides is 1. The molecule has 1 aliphatic rings. The predicted molar refractivity (Wildman–Crippen MR) is 99.7 cm³/mol. The highest BCUT2D eigenvalue weighted by molar-refractivity contribution is 5.86. The molecule has 0 bridgehead atoms. The molecule has 4 nitrogen and oxygen atoms in total. The van der Waals surface area contributed by atoms with Crippen LogP contribution in [0.3, 0.4) is 0 Å². The Morgan fingerprint density at radius 3 is 2.75 bits per heavy atom. The standard InChI is InChI=1S/C19H24N2O2.ClH/c1-21(19(22)18-12-16(23-2)13-20-18)11-10-15-8-5-7-14-6-3-4-9-17(14)15;/h3-9,16,18,20H,10-13H2,1-2H3;1H/t16-,18-;/m0./s1. The molecule has 0 unspecified atom stereocenters. The third-order valence-corrected chi connectivity index (χ3v) is 4.69. The van der Waals surface area contributed by atoms with Gasteiger partial charge in [0.1, 0.15) is 0 Å². The number of nitrogens with one attached hydrogen (secondary N) is 1. The number of carbonyl (C=O) groups excluding carboxylic acids is 1. The first-order valence-corrected chi connectivity index (χ1v) is 8.17. The van der Waals surface area contributed by atoms with Crippen LogP contribution in [0.4, 0.5) is 0 Å². The summed E-state index contributed by atoms with van der Waals surface area (Å²) < 4.78 is 5.32. The average molecular weight is 349 g/mol. The van der Waals surface area contributed by atoms with E-state index in [1.807, 2.05) is 11.9 Å². The van der Waals surface area contributed by atoms with Crippen LogP contribution in [0.15, 0.2) is 42.5 Å². The van der Waals surface area contributed by atoms with Gasteiger partial charge in [-0.25, -0.2) is 0 Å². The third-order valence-electron chi connectivity index (χ3n) is 4.69. The number of nitrogens with zero attached hydrogens (tertiary/aromatic N) is 1. The lowest BCUT2D eigenvalue weighted by Gasteiger charge is -2.21. The number of methoxy groups -OCH3 is 1. The number of ether oxygens (including phenoxy) is 1. The highest BCUT2D eigenvalue weighted by atomic mass is 35.5. The molecule has 24 heavy (non-hydrogen) atoms. The Bertz CT molecular complexity index is 687. The Morgan fingerprint density at radius 1 is 1.25 bits per heavy atom. The van der Waals surface area contributed by atoms with Crippen LogP contribution in [-0.4, -0.2) is 50.2 Å². The molecule has 1 aliphatic heterocycles. The molecule has 0 aliphatic carbocycles. The van der Waals surface area contributed by atoms with E-state index in [1.165, 1.54) is 16.3 Å². The Kier molecular flexibility index (Phi) is 6.60. The van der Waals surface area contributed by atoms with Crippen molar-refractivity contribution >= 4 is 29.1 Å². The summed E-state index contributed by atoms with van der Waals surface area (Å²) in [4.78, 5) is 14.3. The summed E-state index contributed by atoms with van der Waals surface area (Å²) in [7, 11) is 3.58. The largest absolute Gasteiger partial charge is 0.380 e. The Hall–Kier alpha value is -1.62. The van der Waals surface area contributed by atoms with Gasteiger partial charge >= 0.3 is 0 Å². The number of benzene rings is 2. The second-order valence-corrected chi connectivity index (χ2v) is 6.20. The fourth-order valence-electron chi connectivity index (χ4n) is 3.25. The van der Waals surface area contributed by atoms with E-state index in [1.54, 1.807) is 7.11 Å². The van der Waals surface area contributed by atoms with Gasteiger partial charge in [0.05, 0.1) is 12.1 Å². The summed E-state index contributed by atoms with van der Waals surface area (Å²) >= 11 is 0. The van der Waals surface area contributed by atoms with Crippen LogP contribution in [-0.2, 0) is 16.0 Å². The lowest BCUT2D eigenvalue weighted by molar-refractivity contribution is -0.131. The van der Waals surface area contributed by atoms with Crippen molar-refractivity contribution in [3.05, 3.63) is 48.0 Å². The minimum atomic E-state index is -0.113. The van der Waals surface area contributed by atoms with Gasteiger partial charge in [0.2, 0.25) is 5.91 Å². The SMILES string of the molecule is CO[C@@H]1CN[C@H](C(=O)N(C)CCc2cccc3ccccc23)C1.Cl. The molecule has 2 aromatic rings. The van der Waals surface area contributed by atoms with Crippen LogP contribution in [0.25, 0.3) is 10.8 Å². The molecule has 0 aromatic heterocycles. The van der Waals surface area contributed by atoms with Crippen molar-refractivity contribution in [2.75, 3.05) is 27.2 Å². The fraction of sp³-hybridized carbons (Fsp3) is 0.421. The third kappa shape index (κ3) is 4.07. The van der Waals surface area contributed by atoms with Crippen molar-refractivity contribution in [2.45, 2.75) is 25.0 Å². The molecule has 1 saturated heterocycles. The second kappa shape index (κ2) is 8.47. The molecule has 0 spiro atoms. The highest BCUT2D eigenvalue weighted by Gasteiger charge is 2.30. The van der Waals surface area contributed by atoms with Gasteiger partial charge in [-0.05, 0) is 29.2 Å². The number of hydrogen-bond donors (Lipinski definition) is 1. The zero-order chi connectivity index (χ0) is 16.2. The maximum Gasteiger partial charge on any atom is 0.239 e. The number of rotatable bonds is 5. The molecule has 5 heteroatoms. The highest BCUT2D eigenvalue weighted by Crippen LogP contribution is 2.19. The summed E-state index contributed by atoms with van der Waals surface area (Å²) in [5.74, 6) is 0.157. The molecule has 130 valence electrons. The van der Waals surface area contributed by atoms with E-state index >= 15 is 0 Å². The van der Waals surface area contributed by atoms with E-state index in [4.69, 9.17) is 4.74 Å². The van der Waals surface area contributed by atoms with E-state index in [-0.39, 0.29) is 30.5 Å². The van der Waals surface area contributed by atoms with Crippen molar-refractivity contribution in [3.63, 3.8) is 0 Å². The minimum absolute atomic E-state index is 0. The minimum Gasteiger partial charge on any atom is -0.380 e. The lowest BCUT2D eigenvalue weighted by atomic mass is 10.0. The smallest absolute Gasteiger partial charge is 0.239 e. The molecular weight excluding hydrogens is 324 g/mol. The monoisotopic (exact) mass is 348 g/mol. The average Bonchev–Trinajstić information content (AvgIpc) is 3.08. The molecule has 1 heterocycles. The summed E-state index contributed by atoms with van der Waals surface area (Å²) in [5.41, 5.74) is 1.29. The van der Waals surface area contributed by atoms with E-state index in [9.17, 15) is 4.79 Å². The van der Waals surface area contributed by atoms with E-state index < -0.39 is 0 Å². The van der Waals surface area contributed by atoms with Gasteiger partial charge in [-0.2, -0.15) is 0 Å². The number of fused-ring (bicyclic) bond motifs is 1. The van der Waals surface area contributed by atoms with Gasteiger partial charge in [-0.3, -0.25) is 4.79 Å². The Balaban J connectivity index is 0.00000208. The fourth-order valence-corrected chi connectivity index (χ4v) is 3.25. The number of carbonyl (C=O) groups is 1. The summed E-state index contributed by atoms with van der Waals surface area (Å²) in [6, 6.07) is 14.6. The summed E-state index contributed by atoms with van der Waals surface area (Å²) in [5, 5.41) is 5.77. The Labute approximate surface area is 149 Å².